The lowest BCUT2D eigenvalue weighted by Gasteiger charge is -2.37. The molecule has 3 nitrogen and oxygen atoms in total. The van der Waals surface area contributed by atoms with E-state index in [4.69, 9.17) is 10.5 Å². The second-order valence-corrected chi connectivity index (χ2v) is 6.62. The Labute approximate surface area is 117 Å². The third-order valence-corrected chi connectivity index (χ3v) is 5.33. The average molecular weight is 277 g/mol. The van der Waals surface area contributed by atoms with Gasteiger partial charge in [0.15, 0.2) is 5.78 Å². The van der Waals surface area contributed by atoms with E-state index in [1.165, 1.54) is 0 Å². The molecule has 1 spiro atoms. The Kier molecular flexibility index (Phi) is 3.54. The molecule has 4 heteroatoms. The van der Waals surface area contributed by atoms with E-state index in [0.717, 1.165) is 36.3 Å². The van der Waals surface area contributed by atoms with Gasteiger partial charge in [0.1, 0.15) is 0 Å². The van der Waals surface area contributed by atoms with Crippen LogP contribution in [-0.4, -0.2) is 29.5 Å². The number of ether oxygens (including phenoxy) is 1. The van der Waals surface area contributed by atoms with Crippen molar-refractivity contribution in [2.45, 2.75) is 24.9 Å². The van der Waals surface area contributed by atoms with Crippen molar-refractivity contribution in [1.29, 1.82) is 0 Å². The number of hydrogen-bond acceptors (Lipinski definition) is 4. The Balaban J connectivity index is 1.76. The van der Waals surface area contributed by atoms with Gasteiger partial charge in [0.2, 0.25) is 0 Å². The van der Waals surface area contributed by atoms with Crippen LogP contribution >= 0.6 is 11.8 Å². The van der Waals surface area contributed by atoms with E-state index in [0.29, 0.717) is 12.3 Å². The molecule has 0 amide bonds. The molecule has 0 saturated carbocycles. The molecule has 1 aromatic carbocycles. The molecule has 2 aliphatic rings. The van der Waals surface area contributed by atoms with E-state index >= 15 is 0 Å². The SMILES string of the molecule is Nc1cccc(C(=O)C2CCOC3(CCSC3)C2)c1. The summed E-state index contributed by atoms with van der Waals surface area (Å²) in [6.45, 7) is 0.708. The van der Waals surface area contributed by atoms with Crippen LogP contribution in [0.2, 0.25) is 0 Å². The monoisotopic (exact) mass is 277 g/mol. The first-order valence-corrected chi connectivity index (χ1v) is 7.95. The van der Waals surface area contributed by atoms with Crippen LogP contribution in [0, 0.1) is 5.92 Å². The van der Waals surface area contributed by atoms with Gasteiger partial charge < -0.3 is 10.5 Å². The molecular formula is C15H19NO2S. The number of nitrogen functional groups attached to an aromatic ring is 1. The van der Waals surface area contributed by atoms with E-state index in [-0.39, 0.29) is 17.3 Å². The molecule has 102 valence electrons. The van der Waals surface area contributed by atoms with Crippen LogP contribution in [0.15, 0.2) is 24.3 Å². The first-order chi connectivity index (χ1) is 9.19. The normalized spacial score (nSPS) is 30.6. The fraction of sp³-hybridized carbons (Fsp3) is 0.533. The average Bonchev–Trinajstić information content (AvgIpc) is 2.86. The summed E-state index contributed by atoms with van der Waals surface area (Å²) in [6.07, 6.45) is 2.78. The van der Waals surface area contributed by atoms with Crippen molar-refractivity contribution in [2.75, 3.05) is 23.8 Å². The third kappa shape index (κ3) is 2.65. The number of carbonyl (C=O) groups excluding carboxylic acids is 1. The number of nitrogens with two attached hydrogens (primary N) is 1. The lowest BCUT2D eigenvalue weighted by Crippen LogP contribution is -2.42. The lowest BCUT2D eigenvalue weighted by atomic mass is 9.81. The molecule has 2 N–H and O–H groups in total. The maximum Gasteiger partial charge on any atom is 0.166 e. The smallest absolute Gasteiger partial charge is 0.166 e. The van der Waals surface area contributed by atoms with Gasteiger partial charge in [-0.1, -0.05) is 12.1 Å². The fourth-order valence-electron chi connectivity index (χ4n) is 3.04. The molecule has 0 radical (unpaired) electrons. The maximum atomic E-state index is 12.6. The minimum atomic E-state index is -0.0381. The van der Waals surface area contributed by atoms with Gasteiger partial charge in [-0.3, -0.25) is 4.79 Å². The summed E-state index contributed by atoms with van der Waals surface area (Å²) >= 11 is 1.94. The maximum absolute atomic E-state index is 12.6. The van der Waals surface area contributed by atoms with E-state index in [1.54, 1.807) is 6.07 Å². The number of ketones is 1. The predicted octanol–water partition coefficient (Wildman–Crippen LogP) is 2.75. The summed E-state index contributed by atoms with van der Waals surface area (Å²) in [5, 5.41) is 0. The summed E-state index contributed by atoms with van der Waals surface area (Å²) < 4.78 is 5.97. The molecule has 2 atom stereocenters. The number of anilines is 1. The fourth-order valence-corrected chi connectivity index (χ4v) is 4.42. The molecular weight excluding hydrogens is 258 g/mol. The predicted molar refractivity (Wildman–Crippen MR) is 78.5 cm³/mol. The van der Waals surface area contributed by atoms with Crippen molar-refractivity contribution in [2.24, 2.45) is 5.92 Å². The molecule has 2 fully saturated rings. The van der Waals surface area contributed by atoms with E-state index in [2.05, 4.69) is 0 Å². The van der Waals surface area contributed by atoms with Gasteiger partial charge in [-0.15, -0.1) is 0 Å². The second kappa shape index (κ2) is 5.17. The zero-order valence-electron chi connectivity index (χ0n) is 10.9. The number of benzene rings is 1. The Hall–Kier alpha value is -1.00. The van der Waals surface area contributed by atoms with Crippen molar-refractivity contribution < 1.29 is 9.53 Å². The summed E-state index contributed by atoms with van der Waals surface area (Å²) in [5.74, 6) is 2.51. The van der Waals surface area contributed by atoms with Gasteiger partial charge in [-0.05, 0) is 37.1 Å². The van der Waals surface area contributed by atoms with Gasteiger partial charge >= 0.3 is 0 Å². The van der Waals surface area contributed by atoms with Crippen molar-refractivity contribution in [3.63, 3.8) is 0 Å². The topological polar surface area (TPSA) is 52.3 Å². The standard InChI is InChI=1S/C15H19NO2S/c16-13-3-1-2-11(8-13)14(17)12-4-6-18-15(9-12)5-7-19-10-15/h1-3,8,12H,4-7,9-10,16H2. The summed E-state index contributed by atoms with van der Waals surface area (Å²) in [7, 11) is 0. The molecule has 2 saturated heterocycles. The molecule has 2 unspecified atom stereocenters. The van der Waals surface area contributed by atoms with Crippen LogP contribution in [-0.2, 0) is 4.74 Å². The van der Waals surface area contributed by atoms with Crippen molar-refractivity contribution in [3.8, 4) is 0 Å². The highest BCUT2D eigenvalue weighted by Crippen LogP contribution is 2.41. The summed E-state index contributed by atoms with van der Waals surface area (Å²) in [6, 6.07) is 7.32. The molecule has 2 heterocycles. The first kappa shape index (κ1) is 13.0. The molecule has 3 rings (SSSR count). The zero-order valence-corrected chi connectivity index (χ0v) is 11.7. The number of rotatable bonds is 2. The molecule has 0 aromatic heterocycles. The van der Waals surface area contributed by atoms with Gasteiger partial charge in [-0.2, -0.15) is 11.8 Å². The largest absolute Gasteiger partial charge is 0.399 e. The van der Waals surface area contributed by atoms with Gasteiger partial charge in [0, 0.05) is 29.5 Å². The van der Waals surface area contributed by atoms with Gasteiger partial charge in [0.25, 0.3) is 0 Å². The Morgan fingerprint density at radius 1 is 1.47 bits per heavy atom. The molecule has 0 bridgehead atoms. The lowest BCUT2D eigenvalue weighted by molar-refractivity contribution is -0.0734. The third-order valence-electron chi connectivity index (χ3n) is 4.10. The zero-order chi connectivity index (χ0) is 13.3. The van der Waals surface area contributed by atoms with Crippen LogP contribution in [0.1, 0.15) is 29.6 Å². The van der Waals surface area contributed by atoms with Crippen molar-refractivity contribution >= 4 is 23.2 Å². The number of hydrogen-bond donors (Lipinski definition) is 1. The highest BCUT2D eigenvalue weighted by atomic mass is 32.2. The van der Waals surface area contributed by atoms with Crippen molar-refractivity contribution in [1.82, 2.24) is 0 Å². The molecule has 19 heavy (non-hydrogen) atoms. The quantitative estimate of drug-likeness (QED) is 0.667. The number of Topliss-reactive ketones (excluding diaryl/α,β-unsaturated/α-hetero) is 1. The van der Waals surface area contributed by atoms with Crippen LogP contribution in [0.4, 0.5) is 5.69 Å². The van der Waals surface area contributed by atoms with Crippen LogP contribution in [0.3, 0.4) is 0 Å². The minimum Gasteiger partial charge on any atom is -0.399 e. The summed E-state index contributed by atoms with van der Waals surface area (Å²) in [4.78, 5) is 12.6. The van der Waals surface area contributed by atoms with Crippen LogP contribution < -0.4 is 5.73 Å². The van der Waals surface area contributed by atoms with Gasteiger partial charge in [0.05, 0.1) is 5.60 Å². The Morgan fingerprint density at radius 2 is 2.37 bits per heavy atom. The summed E-state index contributed by atoms with van der Waals surface area (Å²) in [5.41, 5.74) is 7.12. The first-order valence-electron chi connectivity index (χ1n) is 6.80. The Morgan fingerprint density at radius 3 is 3.11 bits per heavy atom. The van der Waals surface area contributed by atoms with Crippen LogP contribution in [0.25, 0.3) is 0 Å². The van der Waals surface area contributed by atoms with E-state index in [1.807, 2.05) is 30.0 Å². The second-order valence-electron chi connectivity index (χ2n) is 5.51. The van der Waals surface area contributed by atoms with E-state index in [9.17, 15) is 4.79 Å². The minimum absolute atomic E-state index is 0.0381. The molecule has 1 aromatic rings. The Bertz CT molecular complexity index is 483. The number of carbonyl (C=O) groups is 1. The van der Waals surface area contributed by atoms with E-state index < -0.39 is 0 Å². The number of thioether (sulfide) groups is 1. The molecule has 0 aliphatic carbocycles. The molecule has 2 aliphatic heterocycles. The highest BCUT2D eigenvalue weighted by molar-refractivity contribution is 7.99. The van der Waals surface area contributed by atoms with Crippen molar-refractivity contribution in [3.05, 3.63) is 29.8 Å². The van der Waals surface area contributed by atoms with Crippen LogP contribution in [0.5, 0.6) is 0 Å². The highest BCUT2D eigenvalue weighted by Gasteiger charge is 2.42. The van der Waals surface area contributed by atoms with Gasteiger partial charge in [-0.25, -0.2) is 0 Å².